The van der Waals surface area contributed by atoms with E-state index in [1.807, 2.05) is 0 Å². The molecular formula is C19H28O12. The fourth-order valence-electron chi connectivity index (χ4n) is 3.44. The van der Waals surface area contributed by atoms with Gasteiger partial charge in [0.1, 0.15) is 60.3 Å². The molecule has 0 radical (unpaired) electrons. The standard InChI is InChI=1S/C19H28O12/c1-27-8-2-4-9(5-3-8)28-18-16(26)14(24)17(11(7-21)30-18)31-19-15(25)13(23)12(22)10(6-20)29-19/h2-5,10-26H,6-7H2,1H3/t10-,11-,12+,13+,14-,15-,16+,17-,18+,19+/m1/s1. The first-order chi connectivity index (χ1) is 14.8. The molecule has 2 aliphatic rings. The third-order valence-corrected chi connectivity index (χ3v) is 5.27. The maximum Gasteiger partial charge on any atom is 0.229 e. The Kier molecular flexibility index (Phi) is 8.04. The number of aliphatic hydroxyl groups is 7. The lowest BCUT2D eigenvalue weighted by molar-refractivity contribution is -0.352. The minimum Gasteiger partial charge on any atom is -0.497 e. The van der Waals surface area contributed by atoms with Gasteiger partial charge in [0.25, 0.3) is 0 Å². The molecule has 31 heavy (non-hydrogen) atoms. The van der Waals surface area contributed by atoms with Gasteiger partial charge in [-0.3, -0.25) is 0 Å². The second-order valence-corrected chi connectivity index (χ2v) is 7.30. The molecule has 12 nitrogen and oxygen atoms in total. The summed E-state index contributed by atoms with van der Waals surface area (Å²) in [6.45, 7) is -1.31. The zero-order valence-corrected chi connectivity index (χ0v) is 16.7. The molecule has 2 fully saturated rings. The van der Waals surface area contributed by atoms with Crippen LogP contribution in [0.25, 0.3) is 0 Å². The highest BCUT2D eigenvalue weighted by Crippen LogP contribution is 2.30. The summed E-state index contributed by atoms with van der Waals surface area (Å²) in [6, 6.07) is 6.36. The van der Waals surface area contributed by atoms with Gasteiger partial charge >= 0.3 is 0 Å². The van der Waals surface area contributed by atoms with E-state index >= 15 is 0 Å². The summed E-state index contributed by atoms with van der Waals surface area (Å²) in [5, 5.41) is 69.9. The summed E-state index contributed by atoms with van der Waals surface area (Å²) >= 11 is 0. The first-order valence-corrected chi connectivity index (χ1v) is 9.69. The zero-order valence-electron chi connectivity index (χ0n) is 16.7. The molecule has 7 N–H and O–H groups in total. The fourth-order valence-corrected chi connectivity index (χ4v) is 3.44. The molecule has 2 saturated heterocycles. The van der Waals surface area contributed by atoms with E-state index in [2.05, 4.69) is 0 Å². The molecule has 176 valence electrons. The van der Waals surface area contributed by atoms with Crippen LogP contribution >= 0.6 is 0 Å². The summed E-state index contributed by atoms with van der Waals surface area (Å²) in [5.74, 6) is 0.890. The molecule has 1 aromatic carbocycles. The van der Waals surface area contributed by atoms with E-state index in [1.54, 1.807) is 24.3 Å². The maximum atomic E-state index is 10.6. The van der Waals surface area contributed by atoms with Gasteiger partial charge in [-0.05, 0) is 24.3 Å². The van der Waals surface area contributed by atoms with Gasteiger partial charge < -0.3 is 59.4 Å². The summed E-state index contributed by atoms with van der Waals surface area (Å²) in [5.41, 5.74) is 0. The highest BCUT2D eigenvalue weighted by Gasteiger charge is 2.51. The summed E-state index contributed by atoms with van der Waals surface area (Å²) in [7, 11) is 1.50. The number of hydrogen-bond donors (Lipinski definition) is 7. The molecule has 0 amide bonds. The molecular weight excluding hydrogens is 420 g/mol. The number of rotatable bonds is 7. The van der Waals surface area contributed by atoms with Crippen LogP contribution in [0, 0.1) is 0 Å². The lowest BCUT2D eigenvalue weighted by atomic mass is 9.97. The summed E-state index contributed by atoms with van der Waals surface area (Å²) < 4.78 is 26.9. The lowest BCUT2D eigenvalue weighted by Gasteiger charge is -2.45. The van der Waals surface area contributed by atoms with Crippen LogP contribution in [0.1, 0.15) is 0 Å². The van der Waals surface area contributed by atoms with E-state index < -0.39 is 74.6 Å². The van der Waals surface area contributed by atoms with Crippen molar-refractivity contribution >= 4 is 0 Å². The third kappa shape index (κ3) is 5.09. The van der Waals surface area contributed by atoms with Crippen molar-refractivity contribution in [2.45, 2.75) is 61.4 Å². The van der Waals surface area contributed by atoms with E-state index in [9.17, 15) is 35.7 Å². The van der Waals surface area contributed by atoms with Crippen LogP contribution < -0.4 is 9.47 Å². The summed E-state index contributed by atoms with van der Waals surface area (Å²) in [4.78, 5) is 0. The van der Waals surface area contributed by atoms with Crippen LogP contribution in [0.4, 0.5) is 0 Å². The van der Waals surface area contributed by atoms with Crippen molar-refractivity contribution in [1.82, 2.24) is 0 Å². The number of methoxy groups -OCH3 is 1. The highest BCUT2D eigenvalue weighted by atomic mass is 16.7. The van der Waals surface area contributed by atoms with Gasteiger partial charge in [0.15, 0.2) is 6.29 Å². The Morgan fingerprint density at radius 1 is 0.710 bits per heavy atom. The minimum absolute atomic E-state index is 0.307. The van der Waals surface area contributed by atoms with E-state index in [0.29, 0.717) is 11.5 Å². The van der Waals surface area contributed by atoms with Gasteiger partial charge in [-0.2, -0.15) is 0 Å². The molecule has 2 aliphatic heterocycles. The average Bonchev–Trinajstić information content (AvgIpc) is 2.79. The number of ether oxygens (including phenoxy) is 5. The molecule has 1 aromatic rings. The molecule has 12 heteroatoms. The van der Waals surface area contributed by atoms with Crippen molar-refractivity contribution in [3.8, 4) is 11.5 Å². The van der Waals surface area contributed by atoms with Crippen LogP contribution in [0.3, 0.4) is 0 Å². The molecule has 0 spiro atoms. The molecule has 0 aliphatic carbocycles. The molecule has 10 atom stereocenters. The van der Waals surface area contributed by atoms with E-state index in [0.717, 1.165) is 0 Å². The third-order valence-electron chi connectivity index (χ3n) is 5.27. The predicted molar refractivity (Wildman–Crippen MR) is 100 cm³/mol. The predicted octanol–water partition coefficient (Wildman–Crippen LogP) is -3.30. The number of hydrogen-bond acceptors (Lipinski definition) is 12. The van der Waals surface area contributed by atoms with Crippen LogP contribution in [-0.4, -0.2) is 117 Å². The fraction of sp³-hybridized carbons (Fsp3) is 0.684. The van der Waals surface area contributed by atoms with Gasteiger partial charge in [0, 0.05) is 0 Å². The second-order valence-electron chi connectivity index (χ2n) is 7.30. The molecule has 0 bridgehead atoms. The Morgan fingerprint density at radius 2 is 1.26 bits per heavy atom. The van der Waals surface area contributed by atoms with E-state index in [4.69, 9.17) is 23.7 Å². The Hall–Kier alpha value is -1.58. The second kappa shape index (κ2) is 10.4. The Balaban J connectivity index is 1.70. The van der Waals surface area contributed by atoms with E-state index in [-0.39, 0.29) is 0 Å². The topological polar surface area (TPSA) is 188 Å². The number of benzene rings is 1. The Labute approximate surface area is 177 Å². The zero-order chi connectivity index (χ0) is 22.7. The van der Waals surface area contributed by atoms with Crippen LogP contribution in [0.5, 0.6) is 11.5 Å². The summed E-state index contributed by atoms with van der Waals surface area (Å²) in [6.07, 6.45) is -15.0. The monoisotopic (exact) mass is 448 g/mol. The molecule has 3 rings (SSSR count). The number of aliphatic hydroxyl groups excluding tert-OH is 7. The van der Waals surface area contributed by atoms with Crippen molar-refractivity contribution < 1.29 is 59.4 Å². The van der Waals surface area contributed by atoms with Gasteiger partial charge in [-0.1, -0.05) is 0 Å². The van der Waals surface area contributed by atoms with Crippen LogP contribution in [0.15, 0.2) is 24.3 Å². The lowest BCUT2D eigenvalue weighted by Crippen LogP contribution is -2.65. The molecule has 0 aromatic heterocycles. The molecule has 0 unspecified atom stereocenters. The van der Waals surface area contributed by atoms with Crippen molar-refractivity contribution in [3.05, 3.63) is 24.3 Å². The smallest absolute Gasteiger partial charge is 0.229 e. The molecule has 0 saturated carbocycles. The quantitative estimate of drug-likeness (QED) is 0.220. The first-order valence-electron chi connectivity index (χ1n) is 9.69. The SMILES string of the molecule is COc1ccc(O[C@H]2O[C@H](CO)[C@@H](O[C@@H]3O[C@H](CO)[C@H](O)[C@H](O)[C@H]3O)[C@H](O)[C@@H]2O)cc1. The minimum atomic E-state index is -1.73. The van der Waals surface area contributed by atoms with Crippen molar-refractivity contribution in [1.29, 1.82) is 0 Å². The van der Waals surface area contributed by atoms with Gasteiger partial charge in [-0.25, -0.2) is 0 Å². The van der Waals surface area contributed by atoms with Gasteiger partial charge in [-0.15, -0.1) is 0 Å². The largest absolute Gasteiger partial charge is 0.497 e. The van der Waals surface area contributed by atoms with Crippen molar-refractivity contribution in [2.24, 2.45) is 0 Å². The van der Waals surface area contributed by atoms with Crippen LogP contribution in [0.2, 0.25) is 0 Å². The Bertz CT molecular complexity index is 683. The first kappa shape index (κ1) is 24.1. The van der Waals surface area contributed by atoms with Crippen molar-refractivity contribution in [3.63, 3.8) is 0 Å². The van der Waals surface area contributed by atoms with E-state index in [1.165, 1.54) is 7.11 Å². The van der Waals surface area contributed by atoms with Crippen LogP contribution in [-0.2, 0) is 14.2 Å². The maximum absolute atomic E-state index is 10.6. The normalized spacial score (nSPS) is 41.0. The average molecular weight is 448 g/mol. The molecule has 2 heterocycles. The van der Waals surface area contributed by atoms with Gasteiger partial charge in [0.2, 0.25) is 6.29 Å². The Morgan fingerprint density at radius 3 is 1.84 bits per heavy atom. The van der Waals surface area contributed by atoms with Crippen molar-refractivity contribution in [2.75, 3.05) is 20.3 Å². The highest BCUT2D eigenvalue weighted by molar-refractivity contribution is 5.31. The van der Waals surface area contributed by atoms with Gasteiger partial charge in [0.05, 0.1) is 20.3 Å².